The Balaban J connectivity index is 1.70. The van der Waals surface area contributed by atoms with E-state index in [0.29, 0.717) is 5.13 Å². The molecule has 5 nitrogen and oxygen atoms in total. The van der Waals surface area contributed by atoms with Crippen LogP contribution in [0.15, 0.2) is 46.9 Å². The summed E-state index contributed by atoms with van der Waals surface area (Å²) in [4.78, 5) is 16.5. The maximum Gasteiger partial charge on any atom is 0.250 e. The van der Waals surface area contributed by atoms with Crippen LogP contribution in [-0.4, -0.2) is 25.1 Å². The molecule has 0 bridgehead atoms. The highest BCUT2D eigenvalue weighted by atomic mass is 79.9. The number of carbonyl (C=O) groups is 1. The number of ether oxygens (including phenoxy) is 2. The maximum atomic E-state index is 12.1. The summed E-state index contributed by atoms with van der Waals surface area (Å²) in [5.74, 6) is 1.27. The molecule has 0 aliphatic carbocycles. The molecule has 3 rings (SSSR count). The highest BCUT2D eigenvalue weighted by Gasteiger charge is 2.07. The quantitative estimate of drug-likeness (QED) is 0.608. The molecule has 1 N–H and O–H groups in total. The van der Waals surface area contributed by atoms with E-state index in [4.69, 9.17) is 9.47 Å². The Hall–Kier alpha value is -2.38. The lowest BCUT2D eigenvalue weighted by Crippen LogP contribution is -2.07. The number of aromatic nitrogens is 1. The smallest absolute Gasteiger partial charge is 0.250 e. The lowest BCUT2D eigenvalue weighted by atomic mass is 10.2. The van der Waals surface area contributed by atoms with Gasteiger partial charge in [0.05, 0.1) is 28.9 Å². The lowest BCUT2D eigenvalue weighted by Gasteiger charge is -2.03. The molecule has 1 amide bonds. The van der Waals surface area contributed by atoms with Gasteiger partial charge in [0.15, 0.2) is 5.13 Å². The van der Waals surface area contributed by atoms with Crippen LogP contribution >= 0.6 is 27.3 Å². The van der Waals surface area contributed by atoms with E-state index < -0.39 is 0 Å². The van der Waals surface area contributed by atoms with E-state index in [2.05, 4.69) is 26.2 Å². The maximum absolute atomic E-state index is 12.1. The molecule has 3 aromatic rings. The van der Waals surface area contributed by atoms with E-state index in [0.717, 1.165) is 31.8 Å². The molecule has 0 saturated carbocycles. The number of methoxy groups -OCH3 is 2. The molecule has 2 aromatic carbocycles. The summed E-state index contributed by atoms with van der Waals surface area (Å²) in [6, 6.07) is 11.2. The topological polar surface area (TPSA) is 60.5 Å². The summed E-state index contributed by atoms with van der Waals surface area (Å²) >= 11 is 4.82. The highest BCUT2D eigenvalue weighted by Crippen LogP contribution is 2.29. The fourth-order valence-corrected chi connectivity index (χ4v) is 3.65. The van der Waals surface area contributed by atoms with Crippen molar-refractivity contribution in [3.63, 3.8) is 0 Å². The van der Waals surface area contributed by atoms with Gasteiger partial charge in [0.2, 0.25) is 5.91 Å². The summed E-state index contributed by atoms with van der Waals surface area (Å²) < 4.78 is 12.2. The lowest BCUT2D eigenvalue weighted by molar-refractivity contribution is -0.111. The van der Waals surface area contributed by atoms with Gasteiger partial charge >= 0.3 is 0 Å². The summed E-state index contributed by atoms with van der Waals surface area (Å²) in [6.45, 7) is 0. The van der Waals surface area contributed by atoms with E-state index >= 15 is 0 Å². The van der Waals surface area contributed by atoms with Gasteiger partial charge in [0, 0.05) is 6.08 Å². The summed E-state index contributed by atoms with van der Waals surface area (Å²) in [5.41, 5.74) is 1.71. The Labute approximate surface area is 157 Å². The second-order valence-corrected chi connectivity index (χ2v) is 6.95. The largest absolute Gasteiger partial charge is 0.497 e. The van der Waals surface area contributed by atoms with Crippen molar-refractivity contribution in [2.75, 3.05) is 19.5 Å². The van der Waals surface area contributed by atoms with E-state index in [1.165, 1.54) is 17.4 Å². The van der Waals surface area contributed by atoms with Gasteiger partial charge in [0.1, 0.15) is 11.5 Å². The molecule has 7 heteroatoms. The molecule has 0 unspecified atom stereocenters. The van der Waals surface area contributed by atoms with Crippen LogP contribution in [-0.2, 0) is 4.79 Å². The second kappa shape index (κ2) is 7.67. The number of nitrogens with one attached hydrogen (secondary N) is 1. The van der Waals surface area contributed by atoms with Gasteiger partial charge in [0.25, 0.3) is 0 Å². The zero-order valence-electron chi connectivity index (χ0n) is 13.6. The standard InChI is InChI=1S/C18H15BrN2O3S/c1-23-12-5-6-14-16(10-12)25-18(20-14)21-17(22)8-4-11-3-7-15(24-2)13(19)9-11/h3-10H,1-2H3,(H,20,21,22). The molecular weight excluding hydrogens is 404 g/mol. The summed E-state index contributed by atoms with van der Waals surface area (Å²) in [6.07, 6.45) is 3.21. The minimum atomic E-state index is -0.238. The average Bonchev–Trinajstić information content (AvgIpc) is 3.01. The molecule has 25 heavy (non-hydrogen) atoms. The van der Waals surface area contributed by atoms with Crippen molar-refractivity contribution in [3.05, 3.63) is 52.5 Å². The Bertz CT molecular complexity index is 953. The molecule has 0 radical (unpaired) electrons. The normalized spacial score (nSPS) is 11.0. The van der Waals surface area contributed by atoms with E-state index in [-0.39, 0.29) is 5.91 Å². The van der Waals surface area contributed by atoms with Crippen molar-refractivity contribution in [1.29, 1.82) is 0 Å². The van der Waals surface area contributed by atoms with Crippen LogP contribution in [0.2, 0.25) is 0 Å². The summed E-state index contributed by atoms with van der Waals surface area (Å²) in [7, 11) is 3.23. The Kier molecular flexibility index (Phi) is 5.35. The summed E-state index contributed by atoms with van der Waals surface area (Å²) in [5, 5.41) is 3.33. The first-order valence-corrected chi connectivity index (χ1v) is 8.97. The molecule has 128 valence electrons. The fourth-order valence-electron chi connectivity index (χ4n) is 2.19. The predicted octanol–water partition coefficient (Wildman–Crippen LogP) is 4.73. The molecule has 0 aliphatic rings. The number of anilines is 1. The fraction of sp³-hybridized carbons (Fsp3) is 0.111. The van der Waals surface area contributed by atoms with Crippen LogP contribution in [0.1, 0.15) is 5.56 Å². The van der Waals surface area contributed by atoms with Crippen LogP contribution < -0.4 is 14.8 Å². The Morgan fingerprint density at radius 1 is 1.20 bits per heavy atom. The molecule has 0 atom stereocenters. The number of fused-ring (bicyclic) bond motifs is 1. The van der Waals surface area contributed by atoms with Crippen molar-refractivity contribution < 1.29 is 14.3 Å². The first kappa shape index (κ1) is 17.4. The van der Waals surface area contributed by atoms with Crippen molar-refractivity contribution in [2.45, 2.75) is 0 Å². The average molecular weight is 419 g/mol. The zero-order chi connectivity index (χ0) is 17.8. The number of halogens is 1. The third-order valence-corrected chi connectivity index (χ3v) is 4.98. The monoisotopic (exact) mass is 418 g/mol. The number of hydrogen-bond acceptors (Lipinski definition) is 5. The van der Waals surface area contributed by atoms with Crippen LogP contribution in [0.3, 0.4) is 0 Å². The van der Waals surface area contributed by atoms with Gasteiger partial charge in [-0.2, -0.15) is 0 Å². The zero-order valence-corrected chi connectivity index (χ0v) is 16.0. The first-order valence-electron chi connectivity index (χ1n) is 7.36. The Morgan fingerprint density at radius 3 is 2.76 bits per heavy atom. The molecule has 1 aromatic heterocycles. The number of benzene rings is 2. The van der Waals surface area contributed by atoms with Crippen LogP contribution in [0.5, 0.6) is 11.5 Å². The van der Waals surface area contributed by atoms with Gasteiger partial charge in [-0.3, -0.25) is 10.1 Å². The van der Waals surface area contributed by atoms with Crippen molar-refractivity contribution in [2.24, 2.45) is 0 Å². The van der Waals surface area contributed by atoms with Gasteiger partial charge in [-0.1, -0.05) is 17.4 Å². The van der Waals surface area contributed by atoms with Crippen LogP contribution in [0.25, 0.3) is 16.3 Å². The number of thiazole rings is 1. The van der Waals surface area contributed by atoms with E-state index in [1.807, 2.05) is 36.4 Å². The molecular formula is C18H15BrN2O3S. The number of nitrogens with zero attached hydrogens (tertiary/aromatic N) is 1. The third kappa shape index (κ3) is 4.18. The van der Waals surface area contributed by atoms with Gasteiger partial charge in [-0.25, -0.2) is 4.98 Å². The van der Waals surface area contributed by atoms with Crippen molar-refractivity contribution in [3.8, 4) is 11.5 Å². The third-order valence-electron chi connectivity index (χ3n) is 3.43. The molecule has 0 fully saturated rings. The number of hydrogen-bond donors (Lipinski definition) is 1. The minimum Gasteiger partial charge on any atom is -0.497 e. The van der Waals surface area contributed by atoms with E-state index in [9.17, 15) is 4.79 Å². The molecule has 1 heterocycles. The number of amides is 1. The SMILES string of the molecule is COc1ccc2nc(NC(=O)C=Cc3ccc(OC)c(Br)c3)sc2c1. The van der Waals surface area contributed by atoms with Gasteiger partial charge < -0.3 is 9.47 Å². The molecule has 0 spiro atoms. The number of rotatable bonds is 5. The van der Waals surface area contributed by atoms with Gasteiger partial charge in [-0.05, 0) is 57.9 Å². The van der Waals surface area contributed by atoms with Crippen molar-refractivity contribution in [1.82, 2.24) is 4.98 Å². The van der Waals surface area contributed by atoms with Crippen LogP contribution in [0.4, 0.5) is 5.13 Å². The molecule has 0 aliphatic heterocycles. The molecule has 0 saturated heterocycles. The Morgan fingerprint density at radius 2 is 2.04 bits per heavy atom. The number of carbonyl (C=O) groups excluding carboxylic acids is 1. The van der Waals surface area contributed by atoms with Gasteiger partial charge in [-0.15, -0.1) is 0 Å². The van der Waals surface area contributed by atoms with Crippen molar-refractivity contribution >= 4 is 54.6 Å². The minimum absolute atomic E-state index is 0.238. The highest BCUT2D eigenvalue weighted by molar-refractivity contribution is 9.10. The van der Waals surface area contributed by atoms with E-state index in [1.54, 1.807) is 20.3 Å². The second-order valence-electron chi connectivity index (χ2n) is 5.07. The first-order chi connectivity index (χ1) is 12.1. The predicted molar refractivity (Wildman–Crippen MR) is 105 cm³/mol. The van der Waals surface area contributed by atoms with Crippen LogP contribution in [0, 0.1) is 0 Å².